The largest absolute Gasteiger partial charge is 0.461 e. The van der Waals surface area contributed by atoms with Crippen molar-refractivity contribution in [2.45, 2.75) is 25.9 Å². The lowest BCUT2D eigenvalue weighted by Crippen LogP contribution is -2.08. The van der Waals surface area contributed by atoms with Crippen molar-refractivity contribution in [1.29, 1.82) is 0 Å². The van der Waals surface area contributed by atoms with E-state index in [2.05, 4.69) is 20.2 Å². The smallest absolute Gasteiger partial charge is 0.355 e. The van der Waals surface area contributed by atoms with Crippen molar-refractivity contribution in [1.82, 2.24) is 20.2 Å². The monoisotopic (exact) mass is 308 g/mol. The fourth-order valence-corrected chi connectivity index (χ4v) is 2.70. The molecule has 0 saturated carbocycles. The van der Waals surface area contributed by atoms with Gasteiger partial charge >= 0.3 is 5.97 Å². The number of ether oxygens (including phenoxy) is 1. The van der Waals surface area contributed by atoms with Gasteiger partial charge in [0.05, 0.1) is 12.4 Å². The molecule has 0 fully saturated rings. The molecule has 7 nitrogen and oxygen atoms in total. The second-order valence-corrected chi connectivity index (χ2v) is 5.31. The highest BCUT2D eigenvalue weighted by Crippen LogP contribution is 2.22. The molecule has 21 heavy (non-hydrogen) atoms. The first-order chi connectivity index (χ1) is 10.0. The van der Waals surface area contributed by atoms with E-state index in [-0.39, 0.29) is 11.5 Å². The summed E-state index contributed by atoms with van der Waals surface area (Å²) in [5, 5.41) is 6.98. The third kappa shape index (κ3) is 3.33. The van der Waals surface area contributed by atoms with Crippen LogP contribution in [0.15, 0.2) is 11.5 Å². The molecule has 0 aliphatic carbocycles. The average Bonchev–Trinajstić information content (AvgIpc) is 3.05. The molecule has 0 spiro atoms. The fraction of sp³-hybridized carbons (Fsp3) is 0.385. The van der Waals surface area contributed by atoms with E-state index in [9.17, 15) is 9.59 Å². The van der Waals surface area contributed by atoms with Gasteiger partial charge in [0.25, 0.3) is 0 Å². The third-order valence-corrected chi connectivity index (χ3v) is 3.81. The summed E-state index contributed by atoms with van der Waals surface area (Å²) in [6.07, 6.45) is 1.39. The van der Waals surface area contributed by atoms with E-state index in [1.54, 1.807) is 20.8 Å². The summed E-state index contributed by atoms with van der Waals surface area (Å²) in [6, 6.07) is 0. The van der Waals surface area contributed by atoms with Crippen LogP contribution in [0.4, 0.5) is 0 Å². The molecule has 0 aliphatic heterocycles. The van der Waals surface area contributed by atoms with Crippen LogP contribution in [-0.4, -0.2) is 44.3 Å². The maximum absolute atomic E-state index is 12.3. The summed E-state index contributed by atoms with van der Waals surface area (Å²) < 4.78 is 4.97. The van der Waals surface area contributed by atoms with Crippen LogP contribution in [0.1, 0.15) is 39.0 Å². The van der Waals surface area contributed by atoms with Gasteiger partial charge in [-0.1, -0.05) is 11.8 Å². The van der Waals surface area contributed by atoms with Crippen LogP contribution >= 0.6 is 11.8 Å². The minimum atomic E-state index is -0.444. The van der Waals surface area contributed by atoms with Gasteiger partial charge in [0.15, 0.2) is 10.9 Å². The van der Waals surface area contributed by atoms with E-state index in [0.717, 1.165) is 0 Å². The summed E-state index contributed by atoms with van der Waals surface area (Å²) in [5.41, 5.74) is 2.15. The predicted molar refractivity (Wildman–Crippen MR) is 77.7 cm³/mol. The maximum Gasteiger partial charge on any atom is 0.355 e. The van der Waals surface area contributed by atoms with Crippen molar-refractivity contribution in [2.24, 2.45) is 0 Å². The van der Waals surface area contributed by atoms with Crippen molar-refractivity contribution < 1.29 is 14.3 Å². The Morgan fingerprint density at radius 1 is 1.38 bits per heavy atom. The summed E-state index contributed by atoms with van der Waals surface area (Å²) in [6.45, 7) is 5.54. The van der Waals surface area contributed by atoms with Crippen LogP contribution in [0, 0.1) is 13.8 Å². The van der Waals surface area contributed by atoms with E-state index < -0.39 is 5.97 Å². The van der Waals surface area contributed by atoms with Gasteiger partial charge in [0, 0.05) is 11.3 Å². The third-order valence-electron chi connectivity index (χ3n) is 2.93. The molecule has 0 unspecified atom stereocenters. The molecular weight excluding hydrogens is 292 g/mol. The Morgan fingerprint density at radius 2 is 2.14 bits per heavy atom. The first-order valence-electron chi connectivity index (χ1n) is 6.42. The predicted octanol–water partition coefficient (Wildman–Crippen LogP) is 1.90. The van der Waals surface area contributed by atoms with Crippen molar-refractivity contribution in [2.75, 3.05) is 12.4 Å². The Labute approximate surface area is 125 Å². The normalized spacial score (nSPS) is 10.6. The maximum atomic E-state index is 12.3. The number of H-pyrrole nitrogens is 2. The molecule has 2 aromatic rings. The van der Waals surface area contributed by atoms with E-state index >= 15 is 0 Å². The fourth-order valence-electron chi connectivity index (χ4n) is 2.05. The van der Waals surface area contributed by atoms with Crippen LogP contribution in [0.5, 0.6) is 0 Å². The average molecular weight is 308 g/mol. The number of carbonyl (C=O) groups excluding carboxylic acids is 2. The van der Waals surface area contributed by atoms with Crippen LogP contribution < -0.4 is 0 Å². The van der Waals surface area contributed by atoms with E-state index in [4.69, 9.17) is 4.74 Å². The summed E-state index contributed by atoms with van der Waals surface area (Å²) >= 11 is 1.27. The topological polar surface area (TPSA) is 101 Å². The van der Waals surface area contributed by atoms with Gasteiger partial charge in [-0.3, -0.25) is 9.89 Å². The summed E-state index contributed by atoms with van der Waals surface area (Å²) in [4.78, 5) is 31.0. The first kappa shape index (κ1) is 15.3. The Morgan fingerprint density at radius 3 is 2.76 bits per heavy atom. The van der Waals surface area contributed by atoms with Crippen LogP contribution in [-0.2, 0) is 4.74 Å². The number of nitrogens with one attached hydrogen (secondary N) is 2. The summed E-state index contributed by atoms with van der Waals surface area (Å²) in [5.74, 6) is -0.296. The number of nitrogens with zero attached hydrogens (tertiary/aromatic N) is 2. The number of hydrogen-bond acceptors (Lipinski definition) is 6. The van der Waals surface area contributed by atoms with E-state index in [1.165, 1.54) is 18.1 Å². The molecule has 2 aromatic heterocycles. The molecule has 0 amide bonds. The standard InChI is InChI=1S/C13H16N4O3S/c1-4-20-12(19)11-7(2)10(8(3)16-11)9(18)5-21-13-14-6-15-17-13/h6,16H,4-5H2,1-3H3,(H,14,15,17). The number of ketones is 1. The Hall–Kier alpha value is -2.09. The molecule has 0 aliphatic rings. The number of hydrogen-bond donors (Lipinski definition) is 2. The molecule has 0 radical (unpaired) electrons. The highest BCUT2D eigenvalue weighted by molar-refractivity contribution is 7.99. The van der Waals surface area contributed by atoms with Gasteiger partial charge in [0.2, 0.25) is 0 Å². The zero-order valence-electron chi connectivity index (χ0n) is 12.0. The van der Waals surface area contributed by atoms with Gasteiger partial charge in [-0.05, 0) is 26.3 Å². The minimum Gasteiger partial charge on any atom is -0.461 e. The van der Waals surface area contributed by atoms with Crippen molar-refractivity contribution in [3.05, 3.63) is 28.8 Å². The Bertz CT molecular complexity index is 649. The van der Waals surface area contributed by atoms with E-state index in [0.29, 0.717) is 34.3 Å². The molecule has 2 rings (SSSR count). The second-order valence-electron chi connectivity index (χ2n) is 4.35. The van der Waals surface area contributed by atoms with E-state index in [1.807, 2.05) is 0 Å². The number of rotatable bonds is 6. The molecule has 0 saturated heterocycles. The molecule has 0 atom stereocenters. The molecule has 0 aromatic carbocycles. The number of carbonyl (C=O) groups is 2. The van der Waals surface area contributed by atoms with Crippen LogP contribution in [0.3, 0.4) is 0 Å². The molecule has 2 N–H and O–H groups in total. The number of thioether (sulfide) groups is 1. The Kier molecular flexibility index (Phi) is 4.79. The van der Waals surface area contributed by atoms with Gasteiger partial charge in [0.1, 0.15) is 12.0 Å². The quantitative estimate of drug-likeness (QED) is 0.480. The highest BCUT2D eigenvalue weighted by atomic mass is 32.2. The van der Waals surface area contributed by atoms with Gasteiger partial charge in [-0.25, -0.2) is 9.78 Å². The second kappa shape index (κ2) is 6.57. The number of aryl methyl sites for hydroxylation is 1. The lowest BCUT2D eigenvalue weighted by atomic mass is 10.1. The van der Waals surface area contributed by atoms with Crippen molar-refractivity contribution in [3.63, 3.8) is 0 Å². The zero-order valence-corrected chi connectivity index (χ0v) is 12.8. The minimum absolute atomic E-state index is 0.0711. The number of Topliss-reactive ketones (excluding diaryl/α,β-unsaturated/α-hetero) is 1. The number of aromatic nitrogens is 4. The molecule has 8 heteroatoms. The molecule has 2 heterocycles. The van der Waals surface area contributed by atoms with Gasteiger partial charge in [-0.2, -0.15) is 5.10 Å². The highest BCUT2D eigenvalue weighted by Gasteiger charge is 2.22. The van der Waals surface area contributed by atoms with Crippen LogP contribution in [0.2, 0.25) is 0 Å². The van der Waals surface area contributed by atoms with Gasteiger partial charge < -0.3 is 9.72 Å². The molecule has 112 valence electrons. The lowest BCUT2D eigenvalue weighted by Gasteiger charge is -2.02. The van der Waals surface area contributed by atoms with Crippen molar-refractivity contribution in [3.8, 4) is 0 Å². The molecular formula is C13H16N4O3S. The first-order valence-corrected chi connectivity index (χ1v) is 7.40. The van der Waals surface area contributed by atoms with Crippen molar-refractivity contribution >= 4 is 23.5 Å². The van der Waals surface area contributed by atoms with Crippen LogP contribution in [0.25, 0.3) is 0 Å². The van der Waals surface area contributed by atoms with Gasteiger partial charge in [-0.15, -0.1) is 0 Å². The lowest BCUT2D eigenvalue weighted by molar-refractivity contribution is 0.0519. The summed E-state index contributed by atoms with van der Waals surface area (Å²) in [7, 11) is 0. The zero-order chi connectivity index (χ0) is 15.4. The molecule has 0 bridgehead atoms. The Balaban J connectivity index is 2.15. The number of esters is 1. The SMILES string of the molecule is CCOC(=O)c1[nH]c(C)c(C(=O)CSc2ncn[nH]2)c1C. The number of aromatic amines is 2.